The second kappa shape index (κ2) is 9.52. The Hall–Kier alpha value is -1.85. The van der Waals surface area contributed by atoms with Gasteiger partial charge in [-0.15, -0.1) is 0 Å². The van der Waals surface area contributed by atoms with E-state index in [9.17, 15) is 0 Å². The normalized spacial score (nSPS) is 20.7. The Morgan fingerprint density at radius 3 is 2.60 bits per heavy atom. The molecule has 6 heteroatoms. The van der Waals surface area contributed by atoms with Crippen molar-refractivity contribution in [3.05, 3.63) is 53.2 Å². The molecule has 0 amide bonds. The van der Waals surface area contributed by atoms with E-state index in [1.807, 2.05) is 18.3 Å². The summed E-state index contributed by atoms with van der Waals surface area (Å²) in [6.07, 6.45) is 9.30. The van der Waals surface area contributed by atoms with Gasteiger partial charge in [-0.2, -0.15) is 0 Å². The van der Waals surface area contributed by atoms with Gasteiger partial charge in [-0.25, -0.2) is 4.98 Å². The molecule has 0 unspecified atom stereocenters. The molecular formula is C24H31ClN4S. The first-order valence-corrected chi connectivity index (χ1v) is 11.8. The largest absolute Gasteiger partial charge is 0.362 e. The second-order valence-electron chi connectivity index (χ2n) is 8.90. The number of benzene rings is 1. The summed E-state index contributed by atoms with van der Waals surface area (Å²) in [6.45, 7) is 5.33. The maximum Gasteiger partial charge on any atom is 0.170 e. The number of nitrogens with zero attached hydrogens (tertiary/aromatic N) is 2. The van der Waals surface area contributed by atoms with Gasteiger partial charge >= 0.3 is 0 Å². The fraction of sp³-hybridized carbons (Fsp3) is 0.500. The molecule has 2 N–H and O–H groups in total. The molecule has 4 rings (SSSR count). The topological polar surface area (TPSA) is 40.2 Å². The van der Waals surface area contributed by atoms with Crippen molar-refractivity contribution in [3.63, 3.8) is 0 Å². The third kappa shape index (κ3) is 5.06. The predicted molar refractivity (Wildman–Crippen MR) is 131 cm³/mol. The van der Waals surface area contributed by atoms with Crippen molar-refractivity contribution in [1.29, 1.82) is 0 Å². The smallest absolute Gasteiger partial charge is 0.170 e. The van der Waals surface area contributed by atoms with E-state index in [0.717, 1.165) is 42.1 Å². The summed E-state index contributed by atoms with van der Waals surface area (Å²) in [5.74, 6) is 1.79. The van der Waals surface area contributed by atoms with E-state index in [1.165, 1.54) is 44.1 Å². The van der Waals surface area contributed by atoms with Crippen LogP contribution in [0.25, 0.3) is 0 Å². The maximum absolute atomic E-state index is 6.09. The first kappa shape index (κ1) is 21.4. The Bertz CT molecular complexity index is 847. The van der Waals surface area contributed by atoms with Gasteiger partial charge in [0.25, 0.3) is 0 Å². The first-order chi connectivity index (χ1) is 14.5. The van der Waals surface area contributed by atoms with Crippen LogP contribution in [0.4, 0.5) is 11.5 Å². The predicted octanol–water partition coefficient (Wildman–Crippen LogP) is 5.77. The molecule has 2 heterocycles. The Morgan fingerprint density at radius 1 is 1.17 bits per heavy atom. The van der Waals surface area contributed by atoms with Crippen LogP contribution in [-0.4, -0.2) is 29.7 Å². The SMILES string of the molecule is C[C@@H]1CCCN(c2ccc(NC(=S)NCC3(c4ccc(Cl)cc4)CCCC3)cn2)C1. The summed E-state index contributed by atoms with van der Waals surface area (Å²) >= 11 is 11.7. The van der Waals surface area contributed by atoms with Crippen LogP contribution < -0.4 is 15.5 Å². The summed E-state index contributed by atoms with van der Waals surface area (Å²) in [6, 6.07) is 12.5. The zero-order chi connectivity index (χ0) is 21.0. The van der Waals surface area contributed by atoms with Crippen molar-refractivity contribution in [2.75, 3.05) is 29.9 Å². The number of nitrogens with one attached hydrogen (secondary N) is 2. The fourth-order valence-electron chi connectivity index (χ4n) is 4.89. The number of rotatable bonds is 5. The molecule has 1 aromatic carbocycles. The molecule has 30 heavy (non-hydrogen) atoms. The Labute approximate surface area is 190 Å². The number of aromatic nitrogens is 1. The summed E-state index contributed by atoms with van der Waals surface area (Å²) in [4.78, 5) is 7.04. The van der Waals surface area contributed by atoms with Crippen molar-refractivity contribution < 1.29 is 0 Å². The Balaban J connectivity index is 1.34. The van der Waals surface area contributed by atoms with Gasteiger partial charge in [0, 0.05) is 30.1 Å². The maximum atomic E-state index is 6.09. The minimum Gasteiger partial charge on any atom is -0.362 e. The molecule has 1 aromatic heterocycles. The summed E-state index contributed by atoms with van der Waals surface area (Å²) < 4.78 is 0. The molecule has 1 saturated heterocycles. The average Bonchev–Trinajstić information content (AvgIpc) is 3.23. The van der Waals surface area contributed by atoms with E-state index in [2.05, 4.69) is 51.7 Å². The highest BCUT2D eigenvalue weighted by molar-refractivity contribution is 7.80. The Morgan fingerprint density at radius 2 is 1.93 bits per heavy atom. The summed E-state index contributed by atoms with van der Waals surface area (Å²) in [7, 11) is 0. The summed E-state index contributed by atoms with van der Waals surface area (Å²) in [5, 5.41) is 8.19. The van der Waals surface area contributed by atoms with Gasteiger partial charge in [-0.3, -0.25) is 0 Å². The van der Waals surface area contributed by atoms with Crippen molar-refractivity contribution in [2.45, 2.75) is 50.9 Å². The minimum absolute atomic E-state index is 0.128. The van der Waals surface area contributed by atoms with Crippen LogP contribution in [0.2, 0.25) is 5.02 Å². The minimum atomic E-state index is 0.128. The van der Waals surface area contributed by atoms with Crippen LogP contribution >= 0.6 is 23.8 Å². The van der Waals surface area contributed by atoms with Crippen LogP contribution in [0.5, 0.6) is 0 Å². The molecule has 160 valence electrons. The third-order valence-corrected chi connectivity index (χ3v) is 7.09. The molecule has 2 aromatic rings. The lowest BCUT2D eigenvalue weighted by Gasteiger charge is -2.32. The van der Waals surface area contributed by atoms with Gasteiger partial charge in [0.1, 0.15) is 5.82 Å². The van der Waals surface area contributed by atoms with E-state index in [-0.39, 0.29) is 5.41 Å². The average molecular weight is 443 g/mol. The molecule has 0 spiro atoms. The van der Waals surface area contributed by atoms with Crippen molar-refractivity contribution in [1.82, 2.24) is 10.3 Å². The lowest BCUT2D eigenvalue weighted by molar-refractivity contribution is 0.435. The number of anilines is 2. The monoisotopic (exact) mass is 442 g/mol. The first-order valence-electron chi connectivity index (χ1n) is 11.1. The standard InChI is InChI=1S/C24H31ClN4S/c1-18-5-4-14-29(16-18)22-11-10-21(15-26-22)28-23(30)27-17-24(12-2-3-13-24)19-6-8-20(25)9-7-19/h6-11,15,18H,2-5,12-14,16-17H2,1H3,(H2,27,28,30)/t18-/m1/s1. The number of pyridine rings is 1. The number of hydrogen-bond donors (Lipinski definition) is 2. The zero-order valence-corrected chi connectivity index (χ0v) is 19.2. The highest BCUT2D eigenvalue weighted by Crippen LogP contribution is 2.41. The lowest BCUT2D eigenvalue weighted by atomic mass is 9.79. The molecule has 2 aliphatic rings. The van der Waals surface area contributed by atoms with Gasteiger partial charge in [0.2, 0.25) is 0 Å². The fourth-order valence-corrected chi connectivity index (χ4v) is 5.21. The number of halogens is 1. The highest BCUT2D eigenvalue weighted by atomic mass is 35.5. The van der Waals surface area contributed by atoms with E-state index >= 15 is 0 Å². The van der Waals surface area contributed by atoms with Crippen molar-refractivity contribution in [2.24, 2.45) is 5.92 Å². The molecule has 1 atom stereocenters. The lowest BCUT2D eigenvalue weighted by Crippen LogP contribution is -2.40. The van der Waals surface area contributed by atoms with Crippen molar-refractivity contribution >= 4 is 40.4 Å². The van der Waals surface area contributed by atoms with E-state index in [0.29, 0.717) is 5.11 Å². The Kier molecular flexibility index (Phi) is 6.79. The van der Waals surface area contributed by atoms with Crippen LogP contribution in [0.3, 0.4) is 0 Å². The van der Waals surface area contributed by atoms with Gasteiger partial charge < -0.3 is 15.5 Å². The molecule has 1 aliphatic heterocycles. The number of hydrogen-bond acceptors (Lipinski definition) is 3. The zero-order valence-electron chi connectivity index (χ0n) is 17.7. The van der Waals surface area contributed by atoms with Crippen LogP contribution in [0.1, 0.15) is 51.0 Å². The molecule has 1 aliphatic carbocycles. The third-order valence-electron chi connectivity index (χ3n) is 6.59. The molecular weight excluding hydrogens is 412 g/mol. The van der Waals surface area contributed by atoms with E-state index in [1.54, 1.807) is 0 Å². The summed E-state index contributed by atoms with van der Waals surface area (Å²) in [5.41, 5.74) is 2.40. The van der Waals surface area contributed by atoms with Gasteiger partial charge in [-0.1, -0.05) is 43.5 Å². The number of piperidine rings is 1. The quantitative estimate of drug-likeness (QED) is 0.575. The number of thiocarbonyl (C=S) groups is 1. The van der Waals surface area contributed by atoms with Gasteiger partial charge in [0.15, 0.2) is 5.11 Å². The highest BCUT2D eigenvalue weighted by Gasteiger charge is 2.35. The molecule has 1 saturated carbocycles. The van der Waals surface area contributed by atoms with Crippen LogP contribution in [0, 0.1) is 5.92 Å². The molecule has 4 nitrogen and oxygen atoms in total. The van der Waals surface area contributed by atoms with Gasteiger partial charge in [-0.05, 0) is 73.6 Å². The molecule has 2 fully saturated rings. The van der Waals surface area contributed by atoms with Crippen LogP contribution in [0.15, 0.2) is 42.6 Å². The van der Waals surface area contributed by atoms with E-state index in [4.69, 9.17) is 23.8 Å². The van der Waals surface area contributed by atoms with Crippen molar-refractivity contribution in [3.8, 4) is 0 Å². The van der Waals surface area contributed by atoms with Gasteiger partial charge in [0.05, 0.1) is 11.9 Å². The van der Waals surface area contributed by atoms with E-state index < -0.39 is 0 Å². The second-order valence-corrected chi connectivity index (χ2v) is 9.75. The van der Waals surface area contributed by atoms with Crippen LogP contribution in [-0.2, 0) is 5.41 Å². The molecule has 0 radical (unpaired) electrons. The molecule has 0 bridgehead atoms.